The standard InChI is InChI=1S/C16H30N4O2.HI/c1-10(2)18-15(17-9-12(21)20(5)6)19-13-11-7-8-22-14(11)16(13,3)4;/h10-11,13-14H,7-9H2,1-6H3,(H2,17,18,19);1H. The Bertz CT molecular complexity index is 451. The third-order valence-electron chi connectivity index (χ3n) is 4.69. The molecule has 0 radical (unpaired) electrons. The first kappa shape index (κ1) is 20.5. The van der Waals surface area contributed by atoms with Crippen LogP contribution in [-0.2, 0) is 9.53 Å². The molecule has 0 aromatic carbocycles. The zero-order chi connectivity index (χ0) is 16.5. The quantitative estimate of drug-likeness (QED) is 0.396. The average Bonchev–Trinajstić information content (AvgIpc) is 2.87. The van der Waals surface area contributed by atoms with E-state index >= 15 is 0 Å². The molecule has 1 aliphatic heterocycles. The maximum Gasteiger partial charge on any atom is 0.243 e. The molecule has 3 unspecified atom stereocenters. The number of fused-ring (bicyclic) bond motifs is 1. The molecule has 1 saturated carbocycles. The van der Waals surface area contributed by atoms with Crippen LogP contribution in [0.3, 0.4) is 0 Å². The number of likely N-dealkylation sites (N-methyl/N-ethyl adjacent to an activating group) is 1. The van der Waals surface area contributed by atoms with Crippen molar-refractivity contribution in [3.8, 4) is 0 Å². The Morgan fingerprint density at radius 3 is 2.61 bits per heavy atom. The van der Waals surface area contributed by atoms with Crippen LogP contribution in [0.15, 0.2) is 4.99 Å². The van der Waals surface area contributed by atoms with Crippen molar-refractivity contribution in [2.75, 3.05) is 27.2 Å². The number of hydrogen-bond donors (Lipinski definition) is 2. The summed E-state index contributed by atoms with van der Waals surface area (Å²) in [4.78, 5) is 17.8. The maximum atomic E-state index is 11.8. The van der Waals surface area contributed by atoms with Gasteiger partial charge in [-0.15, -0.1) is 24.0 Å². The molecule has 1 aliphatic carbocycles. The number of nitrogens with zero attached hydrogens (tertiary/aromatic N) is 2. The van der Waals surface area contributed by atoms with Crippen LogP contribution in [0, 0.1) is 11.3 Å². The van der Waals surface area contributed by atoms with Crippen molar-refractivity contribution in [2.45, 2.75) is 52.3 Å². The topological polar surface area (TPSA) is 66.0 Å². The first-order chi connectivity index (χ1) is 10.2. The number of halogens is 1. The van der Waals surface area contributed by atoms with Gasteiger partial charge < -0.3 is 20.3 Å². The number of carbonyl (C=O) groups is 1. The van der Waals surface area contributed by atoms with Gasteiger partial charge in [0.1, 0.15) is 6.54 Å². The molecule has 2 rings (SSSR count). The maximum absolute atomic E-state index is 11.8. The summed E-state index contributed by atoms with van der Waals surface area (Å²) in [7, 11) is 3.49. The molecule has 7 heteroatoms. The van der Waals surface area contributed by atoms with Gasteiger partial charge in [0.05, 0.1) is 6.10 Å². The second kappa shape index (κ2) is 8.00. The number of rotatable bonds is 4. The van der Waals surface area contributed by atoms with E-state index in [1.807, 2.05) is 0 Å². The molecule has 2 fully saturated rings. The van der Waals surface area contributed by atoms with Gasteiger partial charge in [-0.05, 0) is 20.3 Å². The molecule has 23 heavy (non-hydrogen) atoms. The molecular weight excluding hydrogens is 407 g/mol. The Balaban J connectivity index is 0.00000264. The molecule has 0 aromatic heterocycles. The summed E-state index contributed by atoms with van der Waals surface area (Å²) in [6.45, 7) is 9.61. The molecule has 2 N–H and O–H groups in total. The highest BCUT2D eigenvalue weighted by atomic mass is 127. The van der Waals surface area contributed by atoms with Crippen LogP contribution in [0.25, 0.3) is 0 Å². The fourth-order valence-corrected chi connectivity index (χ4v) is 3.46. The van der Waals surface area contributed by atoms with E-state index in [4.69, 9.17) is 4.74 Å². The Morgan fingerprint density at radius 1 is 1.39 bits per heavy atom. The highest BCUT2D eigenvalue weighted by Crippen LogP contribution is 2.52. The van der Waals surface area contributed by atoms with Gasteiger partial charge in [0, 0.05) is 44.1 Å². The predicted molar refractivity (Wildman–Crippen MR) is 103 cm³/mol. The van der Waals surface area contributed by atoms with Crippen molar-refractivity contribution in [3.63, 3.8) is 0 Å². The summed E-state index contributed by atoms with van der Waals surface area (Å²) < 4.78 is 5.83. The lowest BCUT2D eigenvalue weighted by atomic mass is 9.57. The van der Waals surface area contributed by atoms with Crippen LogP contribution in [-0.4, -0.2) is 62.2 Å². The Kier molecular flexibility index (Phi) is 7.12. The fourth-order valence-electron chi connectivity index (χ4n) is 3.46. The minimum Gasteiger partial charge on any atom is -0.377 e. The number of hydrogen-bond acceptors (Lipinski definition) is 3. The van der Waals surface area contributed by atoms with E-state index in [2.05, 4.69) is 43.3 Å². The number of guanidine groups is 1. The lowest BCUT2D eigenvalue weighted by Gasteiger charge is -2.55. The summed E-state index contributed by atoms with van der Waals surface area (Å²) in [5, 5.41) is 6.85. The van der Waals surface area contributed by atoms with Gasteiger partial charge in [-0.2, -0.15) is 0 Å². The molecular formula is C16H31IN4O2. The number of carbonyl (C=O) groups excluding carboxylic acids is 1. The summed E-state index contributed by atoms with van der Waals surface area (Å²) >= 11 is 0. The Morgan fingerprint density at radius 2 is 2.04 bits per heavy atom. The van der Waals surface area contributed by atoms with Crippen LogP contribution < -0.4 is 10.6 Å². The van der Waals surface area contributed by atoms with Gasteiger partial charge in [-0.3, -0.25) is 4.79 Å². The smallest absolute Gasteiger partial charge is 0.243 e. The molecule has 6 nitrogen and oxygen atoms in total. The molecule has 134 valence electrons. The molecule has 0 aromatic rings. The van der Waals surface area contributed by atoms with Crippen LogP contribution >= 0.6 is 24.0 Å². The third-order valence-corrected chi connectivity index (χ3v) is 4.69. The number of amides is 1. The molecule has 1 amide bonds. The molecule has 0 bridgehead atoms. The first-order valence-electron chi connectivity index (χ1n) is 8.12. The summed E-state index contributed by atoms with van der Waals surface area (Å²) in [5.74, 6) is 1.26. The van der Waals surface area contributed by atoms with Crippen molar-refractivity contribution < 1.29 is 9.53 Å². The minimum absolute atomic E-state index is 0. The monoisotopic (exact) mass is 438 g/mol. The Hall–Kier alpha value is -0.570. The van der Waals surface area contributed by atoms with Crippen LogP contribution in [0.4, 0.5) is 0 Å². The van der Waals surface area contributed by atoms with E-state index < -0.39 is 0 Å². The van der Waals surface area contributed by atoms with Crippen molar-refractivity contribution in [1.82, 2.24) is 15.5 Å². The van der Waals surface area contributed by atoms with Gasteiger partial charge in [0.15, 0.2) is 5.96 Å². The average molecular weight is 438 g/mol. The third kappa shape index (κ3) is 4.49. The zero-order valence-electron chi connectivity index (χ0n) is 15.0. The van der Waals surface area contributed by atoms with Gasteiger partial charge in [-0.1, -0.05) is 13.8 Å². The van der Waals surface area contributed by atoms with E-state index in [0.717, 1.165) is 13.0 Å². The van der Waals surface area contributed by atoms with Crippen LogP contribution in [0.1, 0.15) is 34.1 Å². The highest BCUT2D eigenvalue weighted by molar-refractivity contribution is 14.0. The second-order valence-corrected chi connectivity index (χ2v) is 7.44. The Labute approximate surface area is 156 Å². The van der Waals surface area contributed by atoms with E-state index in [9.17, 15) is 4.79 Å². The van der Waals surface area contributed by atoms with Crippen molar-refractivity contribution in [3.05, 3.63) is 0 Å². The minimum atomic E-state index is -0.000183. The van der Waals surface area contributed by atoms with Gasteiger partial charge in [0.2, 0.25) is 5.91 Å². The highest BCUT2D eigenvalue weighted by Gasteiger charge is 2.59. The van der Waals surface area contributed by atoms with E-state index in [0.29, 0.717) is 24.0 Å². The lowest BCUT2D eigenvalue weighted by molar-refractivity contribution is -0.127. The predicted octanol–water partition coefficient (Wildman–Crippen LogP) is 1.45. The van der Waals surface area contributed by atoms with Gasteiger partial charge in [0.25, 0.3) is 0 Å². The van der Waals surface area contributed by atoms with Crippen LogP contribution in [0.5, 0.6) is 0 Å². The molecule has 2 aliphatic rings. The van der Waals surface area contributed by atoms with Crippen LogP contribution in [0.2, 0.25) is 0 Å². The summed E-state index contributed by atoms with van der Waals surface area (Å²) in [5.41, 5.74) is 0.0894. The fraction of sp³-hybridized carbons (Fsp3) is 0.875. The number of nitrogens with one attached hydrogen (secondary N) is 2. The van der Waals surface area contributed by atoms with Crippen molar-refractivity contribution >= 4 is 35.8 Å². The van der Waals surface area contributed by atoms with Gasteiger partial charge >= 0.3 is 0 Å². The molecule has 1 heterocycles. The second-order valence-electron chi connectivity index (χ2n) is 7.44. The van der Waals surface area contributed by atoms with E-state index in [1.165, 1.54) is 0 Å². The van der Waals surface area contributed by atoms with Gasteiger partial charge in [-0.25, -0.2) is 4.99 Å². The molecule has 0 spiro atoms. The normalized spacial score (nSPS) is 28.5. The molecule has 3 atom stereocenters. The number of ether oxygens (including phenoxy) is 1. The van der Waals surface area contributed by atoms with E-state index in [-0.39, 0.29) is 47.9 Å². The summed E-state index contributed by atoms with van der Waals surface area (Å²) in [6.07, 6.45) is 1.44. The van der Waals surface area contributed by atoms with E-state index in [1.54, 1.807) is 19.0 Å². The lowest BCUT2D eigenvalue weighted by Crippen LogP contribution is -2.68. The first-order valence-corrected chi connectivity index (χ1v) is 8.12. The largest absolute Gasteiger partial charge is 0.377 e. The SMILES string of the molecule is CC(C)NC(=NCC(=O)N(C)C)NC1C2CCOC2C1(C)C.I. The zero-order valence-corrected chi connectivity index (χ0v) is 17.4. The number of aliphatic imine (C=N–C) groups is 1. The summed E-state index contributed by atoms with van der Waals surface area (Å²) in [6, 6.07) is 0.596. The molecule has 1 saturated heterocycles. The van der Waals surface area contributed by atoms with Crippen molar-refractivity contribution in [1.29, 1.82) is 0 Å². The van der Waals surface area contributed by atoms with Crippen molar-refractivity contribution in [2.24, 2.45) is 16.3 Å².